The molecule has 0 amide bonds. The third kappa shape index (κ3) is 2.62. The lowest BCUT2D eigenvalue weighted by atomic mass is 10.3. The lowest BCUT2D eigenvalue weighted by Gasteiger charge is -2.06. The second-order valence-electron chi connectivity index (χ2n) is 4.12. The fraction of sp³-hybridized carbons (Fsp3) is 0.308. The molecule has 1 aromatic heterocycles. The van der Waals surface area contributed by atoms with Crippen molar-refractivity contribution in [3.05, 3.63) is 39.6 Å². The molecule has 0 N–H and O–H groups in total. The summed E-state index contributed by atoms with van der Waals surface area (Å²) in [5.41, 5.74) is 2.16. The van der Waals surface area contributed by atoms with Crippen LogP contribution in [0, 0.1) is 10.5 Å². The highest BCUT2D eigenvalue weighted by Crippen LogP contribution is 2.26. The maximum absolute atomic E-state index is 5.69. The maximum Gasteiger partial charge on any atom is 0.247 e. The van der Waals surface area contributed by atoms with Gasteiger partial charge in [-0.3, -0.25) is 0 Å². The monoisotopic (exact) mass is 342 g/mol. The smallest absolute Gasteiger partial charge is 0.247 e. The lowest BCUT2D eigenvalue weighted by Crippen LogP contribution is -2.07. The molecule has 90 valence electrons. The molecule has 0 atom stereocenters. The van der Waals surface area contributed by atoms with Gasteiger partial charge in [-0.15, -0.1) is 5.10 Å². The second kappa shape index (κ2) is 5.08. The van der Waals surface area contributed by atoms with Gasteiger partial charge in [0.05, 0.1) is 21.1 Å². The first kappa shape index (κ1) is 12.4. The van der Waals surface area contributed by atoms with Gasteiger partial charge in [0.25, 0.3) is 0 Å². The predicted octanol–water partition coefficient (Wildman–Crippen LogP) is 3.57. The van der Waals surface area contributed by atoms with Crippen LogP contribution in [0.5, 0.6) is 5.88 Å². The molecule has 0 fully saturated rings. The average molecular weight is 342 g/mol. The van der Waals surface area contributed by atoms with Crippen LogP contribution in [0.4, 0.5) is 0 Å². The summed E-state index contributed by atoms with van der Waals surface area (Å²) in [4.78, 5) is 0. The number of ether oxygens (including phenoxy) is 1. The van der Waals surface area contributed by atoms with Gasteiger partial charge in [0.15, 0.2) is 0 Å². The number of hydrogen-bond acceptors (Lipinski definition) is 2. The Balaban J connectivity index is 2.43. The first-order valence-corrected chi connectivity index (χ1v) is 6.64. The molecule has 0 spiro atoms. The first-order chi connectivity index (χ1) is 8.09. The van der Waals surface area contributed by atoms with Gasteiger partial charge in [-0.25, -0.2) is 4.68 Å². The van der Waals surface area contributed by atoms with Crippen LogP contribution in [-0.4, -0.2) is 15.9 Å². The van der Waals surface area contributed by atoms with E-state index in [4.69, 9.17) is 4.74 Å². The molecular weight excluding hydrogens is 327 g/mol. The average Bonchev–Trinajstić information content (AvgIpc) is 2.58. The van der Waals surface area contributed by atoms with Crippen LogP contribution < -0.4 is 4.74 Å². The summed E-state index contributed by atoms with van der Waals surface area (Å²) in [6.45, 7) is 6.06. The van der Waals surface area contributed by atoms with Gasteiger partial charge in [0, 0.05) is 0 Å². The Morgan fingerprint density at radius 1 is 1.24 bits per heavy atom. The molecule has 3 nitrogen and oxygen atoms in total. The summed E-state index contributed by atoms with van der Waals surface area (Å²) in [7, 11) is 0. The summed E-state index contributed by atoms with van der Waals surface area (Å²) >= 11 is 2.28. The van der Waals surface area contributed by atoms with Gasteiger partial charge >= 0.3 is 0 Å². The predicted molar refractivity (Wildman–Crippen MR) is 76.8 cm³/mol. The van der Waals surface area contributed by atoms with E-state index in [-0.39, 0.29) is 6.10 Å². The molecule has 2 rings (SSSR count). The minimum Gasteiger partial charge on any atom is -0.473 e. The van der Waals surface area contributed by atoms with Crippen molar-refractivity contribution in [2.75, 3.05) is 0 Å². The van der Waals surface area contributed by atoms with E-state index >= 15 is 0 Å². The SMILES string of the molecule is Cc1c(I)c(OC(C)C)nn1-c1ccccc1. The van der Waals surface area contributed by atoms with Gasteiger partial charge in [-0.1, -0.05) is 18.2 Å². The number of halogens is 1. The molecular formula is C13H15IN2O. The lowest BCUT2D eigenvalue weighted by molar-refractivity contribution is 0.229. The molecule has 0 saturated heterocycles. The highest BCUT2D eigenvalue weighted by molar-refractivity contribution is 14.1. The van der Waals surface area contributed by atoms with Gasteiger partial charge in [0.2, 0.25) is 5.88 Å². The minimum atomic E-state index is 0.141. The van der Waals surface area contributed by atoms with Gasteiger partial charge in [0.1, 0.15) is 0 Å². The van der Waals surface area contributed by atoms with Crippen LogP contribution >= 0.6 is 22.6 Å². The Hall–Kier alpha value is -1.04. The zero-order valence-corrected chi connectivity index (χ0v) is 12.3. The summed E-state index contributed by atoms with van der Waals surface area (Å²) in [6.07, 6.45) is 0.141. The van der Waals surface area contributed by atoms with E-state index in [1.54, 1.807) is 0 Å². The zero-order valence-electron chi connectivity index (χ0n) is 10.1. The molecule has 0 aliphatic heterocycles. The second-order valence-corrected chi connectivity index (χ2v) is 5.20. The molecule has 0 unspecified atom stereocenters. The van der Waals surface area contributed by atoms with Crippen LogP contribution in [0.3, 0.4) is 0 Å². The molecule has 0 bridgehead atoms. The topological polar surface area (TPSA) is 27.1 Å². The Labute approximate surface area is 115 Å². The Bertz CT molecular complexity index is 506. The molecule has 4 heteroatoms. The van der Waals surface area contributed by atoms with Crippen LogP contribution in [-0.2, 0) is 0 Å². The largest absolute Gasteiger partial charge is 0.473 e. The van der Waals surface area contributed by atoms with E-state index in [0.29, 0.717) is 5.88 Å². The van der Waals surface area contributed by atoms with Gasteiger partial charge in [-0.05, 0) is 55.5 Å². The van der Waals surface area contributed by atoms with Crippen molar-refractivity contribution < 1.29 is 4.74 Å². The molecule has 0 aliphatic carbocycles. The van der Waals surface area contributed by atoms with Crippen LogP contribution in [0.15, 0.2) is 30.3 Å². The third-order valence-electron chi connectivity index (χ3n) is 2.36. The highest BCUT2D eigenvalue weighted by Gasteiger charge is 2.15. The van der Waals surface area contributed by atoms with E-state index in [9.17, 15) is 0 Å². The molecule has 2 aromatic rings. The molecule has 0 radical (unpaired) electrons. The van der Waals surface area contributed by atoms with E-state index in [0.717, 1.165) is 15.0 Å². The normalized spacial score (nSPS) is 10.9. The maximum atomic E-state index is 5.69. The number of rotatable bonds is 3. The van der Waals surface area contributed by atoms with Gasteiger partial charge < -0.3 is 4.74 Å². The van der Waals surface area contributed by atoms with Crippen molar-refractivity contribution in [3.63, 3.8) is 0 Å². The van der Waals surface area contributed by atoms with Crippen molar-refractivity contribution in [3.8, 4) is 11.6 Å². The number of hydrogen-bond donors (Lipinski definition) is 0. The summed E-state index contributed by atoms with van der Waals surface area (Å²) in [5, 5.41) is 4.51. The van der Waals surface area contributed by atoms with E-state index in [1.807, 2.05) is 48.9 Å². The number of para-hydroxylation sites is 1. The number of benzene rings is 1. The van der Waals surface area contributed by atoms with E-state index in [1.165, 1.54) is 0 Å². The molecule has 17 heavy (non-hydrogen) atoms. The Morgan fingerprint density at radius 2 is 1.88 bits per heavy atom. The summed E-state index contributed by atoms with van der Waals surface area (Å²) < 4.78 is 8.67. The summed E-state index contributed by atoms with van der Waals surface area (Å²) in [6, 6.07) is 10.1. The van der Waals surface area contributed by atoms with Crippen molar-refractivity contribution >= 4 is 22.6 Å². The number of aromatic nitrogens is 2. The quantitative estimate of drug-likeness (QED) is 0.798. The molecule has 0 saturated carbocycles. The van der Waals surface area contributed by atoms with E-state index < -0.39 is 0 Å². The fourth-order valence-electron chi connectivity index (χ4n) is 1.58. The van der Waals surface area contributed by atoms with Crippen LogP contribution in [0.2, 0.25) is 0 Å². The van der Waals surface area contributed by atoms with Crippen molar-refractivity contribution in [2.45, 2.75) is 26.9 Å². The Morgan fingerprint density at radius 3 is 2.47 bits per heavy atom. The van der Waals surface area contributed by atoms with E-state index in [2.05, 4.69) is 34.6 Å². The fourth-order valence-corrected chi connectivity index (χ4v) is 2.04. The third-order valence-corrected chi connectivity index (χ3v) is 3.60. The summed E-state index contributed by atoms with van der Waals surface area (Å²) in [5.74, 6) is 0.710. The highest BCUT2D eigenvalue weighted by atomic mass is 127. The van der Waals surface area contributed by atoms with Crippen molar-refractivity contribution in [1.82, 2.24) is 9.78 Å². The standard InChI is InChI=1S/C13H15IN2O/c1-9(2)17-13-12(14)10(3)16(15-13)11-7-5-4-6-8-11/h4-9H,1-3H3. The first-order valence-electron chi connectivity index (χ1n) is 5.57. The Kier molecular flexibility index (Phi) is 3.71. The molecule has 0 aliphatic rings. The number of nitrogens with zero attached hydrogens (tertiary/aromatic N) is 2. The van der Waals surface area contributed by atoms with Crippen LogP contribution in [0.25, 0.3) is 5.69 Å². The minimum absolute atomic E-state index is 0.141. The van der Waals surface area contributed by atoms with Crippen molar-refractivity contribution in [1.29, 1.82) is 0 Å². The van der Waals surface area contributed by atoms with Crippen LogP contribution in [0.1, 0.15) is 19.5 Å². The molecule has 1 heterocycles. The van der Waals surface area contributed by atoms with Crippen molar-refractivity contribution in [2.24, 2.45) is 0 Å². The molecule has 1 aromatic carbocycles. The van der Waals surface area contributed by atoms with Gasteiger partial charge in [-0.2, -0.15) is 0 Å². The zero-order chi connectivity index (χ0) is 12.4.